The second-order valence-electron chi connectivity index (χ2n) is 7.76. The van der Waals surface area contributed by atoms with Crippen LogP contribution in [0.4, 0.5) is 4.39 Å². The van der Waals surface area contributed by atoms with Gasteiger partial charge in [0, 0.05) is 35.0 Å². The van der Waals surface area contributed by atoms with E-state index < -0.39 is 0 Å². The molecule has 1 amide bonds. The topological polar surface area (TPSA) is 42.0 Å². The highest BCUT2D eigenvalue weighted by Crippen LogP contribution is 2.43. The Hall–Kier alpha value is -2.46. The number of nitrogens with zero attached hydrogens (tertiary/aromatic N) is 1. The van der Waals surface area contributed by atoms with E-state index in [1.54, 1.807) is 18.3 Å². The number of benzene rings is 2. The highest BCUT2D eigenvalue weighted by Gasteiger charge is 2.33. The van der Waals surface area contributed by atoms with Crippen molar-refractivity contribution >= 4 is 28.4 Å². The summed E-state index contributed by atoms with van der Waals surface area (Å²) >= 11 is 6.09. The van der Waals surface area contributed by atoms with Crippen molar-refractivity contribution in [1.82, 2.24) is 10.3 Å². The molecule has 1 aromatic heterocycles. The largest absolute Gasteiger partial charge is 0.353 e. The van der Waals surface area contributed by atoms with Gasteiger partial charge in [0.05, 0.1) is 5.52 Å². The van der Waals surface area contributed by atoms with Crippen LogP contribution < -0.4 is 5.32 Å². The van der Waals surface area contributed by atoms with Gasteiger partial charge in [-0.15, -0.1) is 0 Å². The van der Waals surface area contributed by atoms with E-state index in [0.29, 0.717) is 11.4 Å². The van der Waals surface area contributed by atoms with Crippen molar-refractivity contribution in [3.8, 4) is 0 Å². The molecule has 1 heterocycles. The van der Waals surface area contributed by atoms with Gasteiger partial charge in [-0.2, -0.15) is 0 Å². The molecule has 1 fully saturated rings. The summed E-state index contributed by atoms with van der Waals surface area (Å²) in [7, 11) is 0. The average molecular weight is 411 g/mol. The van der Waals surface area contributed by atoms with Crippen molar-refractivity contribution in [1.29, 1.82) is 0 Å². The van der Waals surface area contributed by atoms with E-state index in [-0.39, 0.29) is 29.6 Å². The molecule has 29 heavy (non-hydrogen) atoms. The molecule has 3 unspecified atom stereocenters. The van der Waals surface area contributed by atoms with Crippen LogP contribution in [0.1, 0.15) is 55.6 Å². The first kappa shape index (κ1) is 19.8. The van der Waals surface area contributed by atoms with Crippen LogP contribution in [0, 0.1) is 5.82 Å². The Morgan fingerprint density at radius 2 is 1.97 bits per heavy atom. The number of carbonyl (C=O) groups excluding carboxylic acids is 1. The highest BCUT2D eigenvalue weighted by molar-refractivity contribution is 6.30. The summed E-state index contributed by atoms with van der Waals surface area (Å²) in [4.78, 5) is 16.5. The minimum Gasteiger partial charge on any atom is -0.353 e. The van der Waals surface area contributed by atoms with Crippen LogP contribution >= 0.6 is 11.6 Å². The Labute approximate surface area is 175 Å². The van der Waals surface area contributed by atoms with Crippen LogP contribution in [0.15, 0.2) is 54.7 Å². The lowest BCUT2D eigenvalue weighted by atomic mass is 9.72. The fourth-order valence-corrected chi connectivity index (χ4v) is 4.63. The molecule has 3 nitrogen and oxygen atoms in total. The Bertz CT molecular complexity index is 1020. The third kappa shape index (κ3) is 4.27. The van der Waals surface area contributed by atoms with Crippen molar-refractivity contribution in [3.05, 3.63) is 76.7 Å². The van der Waals surface area contributed by atoms with Crippen molar-refractivity contribution in [2.24, 2.45) is 0 Å². The number of rotatable bonds is 4. The quantitative estimate of drug-likeness (QED) is 0.575. The van der Waals surface area contributed by atoms with Gasteiger partial charge < -0.3 is 5.32 Å². The molecule has 1 aliphatic carbocycles. The predicted molar refractivity (Wildman–Crippen MR) is 115 cm³/mol. The molecule has 3 aromatic rings. The zero-order valence-corrected chi connectivity index (χ0v) is 17.1. The standard InChI is InChI=1S/C24H24ClFN2O/c1-2-24(29)28-23-9-5-16(13-20(23)15-3-6-17(25)7-4-15)19-11-12-27-22-10-8-18(26)14-21(19)22/h3-4,6-8,10-12,14,16,20,23H,2,5,9,13H2,1H3,(H,28,29). The van der Waals surface area contributed by atoms with Gasteiger partial charge in [-0.05, 0) is 72.7 Å². The van der Waals surface area contributed by atoms with Gasteiger partial charge >= 0.3 is 0 Å². The first-order valence-corrected chi connectivity index (χ1v) is 10.5. The van der Waals surface area contributed by atoms with Gasteiger partial charge in [0.1, 0.15) is 5.82 Å². The molecule has 2 aromatic carbocycles. The number of hydrogen-bond donors (Lipinski definition) is 1. The number of aromatic nitrogens is 1. The van der Waals surface area contributed by atoms with Crippen molar-refractivity contribution in [2.75, 3.05) is 0 Å². The summed E-state index contributed by atoms with van der Waals surface area (Å²) in [6, 6.07) is 14.8. The Kier molecular flexibility index (Phi) is 5.81. The van der Waals surface area contributed by atoms with Crippen LogP contribution in [-0.2, 0) is 4.79 Å². The lowest BCUT2D eigenvalue weighted by Crippen LogP contribution is -2.42. The van der Waals surface area contributed by atoms with Gasteiger partial charge in [-0.25, -0.2) is 4.39 Å². The van der Waals surface area contributed by atoms with Crippen LogP contribution in [0.25, 0.3) is 10.9 Å². The average Bonchev–Trinajstić information content (AvgIpc) is 2.74. The van der Waals surface area contributed by atoms with E-state index in [4.69, 9.17) is 11.6 Å². The lowest BCUT2D eigenvalue weighted by molar-refractivity contribution is -0.121. The van der Waals surface area contributed by atoms with Crippen LogP contribution in [-0.4, -0.2) is 16.9 Å². The summed E-state index contributed by atoms with van der Waals surface area (Å²) in [6.45, 7) is 1.87. The third-order valence-corrected chi connectivity index (χ3v) is 6.25. The first-order valence-electron chi connectivity index (χ1n) is 10.1. The minimum absolute atomic E-state index is 0.0730. The van der Waals surface area contributed by atoms with E-state index >= 15 is 0 Å². The van der Waals surface area contributed by atoms with Crippen molar-refractivity contribution in [2.45, 2.75) is 50.5 Å². The zero-order chi connectivity index (χ0) is 20.4. The summed E-state index contributed by atoms with van der Waals surface area (Å²) in [5.41, 5.74) is 3.12. The maximum absolute atomic E-state index is 13.9. The number of hydrogen-bond acceptors (Lipinski definition) is 2. The van der Waals surface area contributed by atoms with Crippen molar-refractivity contribution < 1.29 is 9.18 Å². The molecule has 1 saturated carbocycles. The van der Waals surface area contributed by atoms with E-state index in [9.17, 15) is 9.18 Å². The van der Waals surface area contributed by atoms with Crippen LogP contribution in [0.5, 0.6) is 0 Å². The molecule has 0 aliphatic heterocycles. The number of nitrogens with one attached hydrogen (secondary N) is 1. The lowest BCUT2D eigenvalue weighted by Gasteiger charge is -2.37. The molecule has 0 bridgehead atoms. The second-order valence-corrected chi connectivity index (χ2v) is 8.19. The van der Waals surface area contributed by atoms with Crippen molar-refractivity contribution in [3.63, 3.8) is 0 Å². The molecule has 3 atom stereocenters. The smallest absolute Gasteiger partial charge is 0.219 e. The maximum atomic E-state index is 13.9. The van der Waals surface area contributed by atoms with E-state index in [0.717, 1.165) is 35.7 Å². The molecule has 0 saturated heterocycles. The molecule has 0 spiro atoms. The Morgan fingerprint density at radius 3 is 2.72 bits per heavy atom. The zero-order valence-electron chi connectivity index (χ0n) is 16.4. The third-order valence-electron chi connectivity index (χ3n) is 5.99. The molecule has 0 radical (unpaired) electrons. The first-order chi connectivity index (χ1) is 14.0. The molecule has 4 rings (SSSR count). The Morgan fingerprint density at radius 1 is 1.17 bits per heavy atom. The SMILES string of the molecule is CCC(=O)NC1CCC(c2ccnc3ccc(F)cc23)CC1c1ccc(Cl)cc1. The maximum Gasteiger partial charge on any atom is 0.219 e. The summed E-state index contributed by atoms with van der Waals surface area (Å²) in [5, 5.41) is 4.78. The van der Waals surface area contributed by atoms with Gasteiger partial charge in [0.25, 0.3) is 0 Å². The normalized spacial score (nSPS) is 21.8. The molecular formula is C24H24ClFN2O. The highest BCUT2D eigenvalue weighted by atomic mass is 35.5. The molecule has 150 valence electrons. The molecule has 1 aliphatic rings. The van der Waals surface area contributed by atoms with E-state index in [2.05, 4.69) is 10.3 Å². The number of amides is 1. The summed E-state index contributed by atoms with van der Waals surface area (Å²) in [6.07, 6.45) is 4.97. The van der Waals surface area contributed by atoms with E-state index in [1.165, 1.54) is 11.6 Å². The number of pyridine rings is 1. The summed E-state index contributed by atoms with van der Waals surface area (Å²) < 4.78 is 13.9. The van der Waals surface area contributed by atoms with Crippen LogP contribution in [0.2, 0.25) is 5.02 Å². The fraction of sp³-hybridized carbons (Fsp3) is 0.333. The van der Waals surface area contributed by atoms with Gasteiger partial charge in [-0.3, -0.25) is 9.78 Å². The summed E-state index contributed by atoms with van der Waals surface area (Å²) in [5.74, 6) is 0.282. The van der Waals surface area contributed by atoms with E-state index in [1.807, 2.05) is 37.3 Å². The van der Waals surface area contributed by atoms with Gasteiger partial charge in [0.15, 0.2) is 0 Å². The number of halogens is 2. The molecule has 1 N–H and O–H groups in total. The fourth-order valence-electron chi connectivity index (χ4n) is 4.51. The number of carbonyl (C=O) groups is 1. The number of fused-ring (bicyclic) bond motifs is 1. The van der Waals surface area contributed by atoms with Gasteiger partial charge in [-0.1, -0.05) is 30.7 Å². The molecule has 5 heteroatoms. The van der Waals surface area contributed by atoms with Crippen LogP contribution in [0.3, 0.4) is 0 Å². The molecular weight excluding hydrogens is 387 g/mol. The monoisotopic (exact) mass is 410 g/mol. The van der Waals surface area contributed by atoms with Gasteiger partial charge in [0.2, 0.25) is 5.91 Å². The predicted octanol–water partition coefficient (Wildman–Crippen LogP) is 5.97. The second kappa shape index (κ2) is 8.50. The Balaban J connectivity index is 1.68. The minimum atomic E-state index is -0.245.